The third-order valence-electron chi connectivity index (χ3n) is 4.52. The van der Waals surface area contributed by atoms with E-state index in [2.05, 4.69) is 44.0 Å². The first kappa shape index (κ1) is 24.0. The molecule has 1 aromatic rings. The summed E-state index contributed by atoms with van der Waals surface area (Å²) in [6.07, 6.45) is 1.01. The van der Waals surface area contributed by atoms with Gasteiger partial charge in [-0.3, -0.25) is 4.79 Å². The normalized spacial score (nSPS) is 12.2. The second-order valence-corrected chi connectivity index (χ2v) is 6.72. The highest BCUT2D eigenvalue weighted by molar-refractivity contribution is 5.95. The first-order valence-electron chi connectivity index (χ1n) is 8.93. The molecule has 1 aliphatic heterocycles. The Morgan fingerprint density at radius 3 is 2.44 bits per heavy atom. The average Bonchev–Trinajstić information content (AvgIpc) is 3.01. The lowest BCUT2D eigenvalue weighted by Crippen LogP contribution is -2.40. The van der Waals surface area contributed by atoms with Crippen LogP contribution in [0.2, 0.25) is 0 Å². The van der Waals surface area contributed by atoms with Crippen molar-refractivity contribution in [2.24, 2.45) is 5.92 Å². The number of carbonyl (C=O) groups is 1. The SMILES string of the molecule is CCN(CC)CCN(CC(C)C)C(=O)c1ccc2c(c1)CCN2.Cl.Cl. The van der Waals surface area contributed by atoms with Crippen molar-refractivity contribution in [1.29, 1.82) is 0 Å². The summed E-state index contributed by atoms with van der Waals surface area (Å²) in [5.74, 6) is 0.646. The Balaban J connectivity index is 0.00000288. The number of rotatable bonds is 8. The predicted molar refractivity (Wildman–Crippen MR) is 112 cm³/mol. The number of amides is 1. The number of nitrogens with zero attached hydrogens (tertiary/aromatic N) is 2. The second-order valence-electron chi connectivity index (χ2n) is 6.72. The van der Waals surface area contributed by atoms with Crippen LogP contribution in [0, 0.1) is 5.92 Å². The van der Waals surface area contributed by atoms with Gasteiger partial charge in [0.25, 0.3) is 5.91 Å². The molecule has 6 heteroatoms. The molecule has 0 aliphatic carbocycles. The Hall–Kier alpha value is -0.970. The number of carbonyl (C=O) groups excluding carboxylic acids is 1. The van der Waals surface area contributed by atoms with Crippen LogP contribution < -0.4 is 5.32 Å². The number of hydrogen-bond acceptors (Lipinski definition) is 3. The van der Waals surface area contributed by atoms with E-state index >= 15 is 0 Å². The molecule has 0 fully saturated rings. The molecule has 4 nitrogen and oxygen atoms in total. The summed E-state index contributed by atoms with van der Waals surface area (Å²) in [5, 5.41) is 3.35. The maximum Gasteiger partial charge on any atom is 0.253 e. The van der Waals surface area contributed by atoms with Crippen LogP contribution in [0.25, 0.3) is 0 Å². The maximum absolute atomic E-state index is 13.0. The van der Waals surface area contributed by atoms with E-state index in [9.17, 15) is 4.79 Å². The fourth-order valence-electron chi connectivity index (χ4n) is 3.14. The number of halogens is 2. The minimum Gasteiger partial charge on any atom is -0.384 e. The number of likely N-dealkylation sites (N-methyl/N-ethyl adjacent to an activating group) is 1. The van der Waals surface area contributed by atoms with Gasteiger partial charge in [-0.15, -0.1) is 24.8 Å². The zero-order valence-corrected chi connectivity index (χ0v) is 17.5. The molecule has 0 aromatic heterocycles. The van der Waals surface area contributed by atoms with Crippen molar-refractivity contribution in [2.45, 2.75) is 34.1 Å². The van der Waals surface area contributed by atoms with Crippen LogP contribution in [0.5, 0.6) is 0 Å². The van der Waals surface area contributed by atoms with E-state index in [4.69, 9.17) is 0 Å². The van der Waals surface area contributed by atoms with Crippen molar-refractivity contribution in [1.82, 2.24) is 9.80 Å². The Morgan fingerprint density at radius 2 is 1.84 bits per heavy atom. The average molecular weight is 390 g/mol. The third kappa shape index (κ3) is 6.69. The van der Waals surface area contributed by atoms with Gasteiger partial charge in [-0.05, 0) is 49.2 Å². The summed E-state index contributed by atoms with van der Waals surface area (Å²) in [5.41, 5.74) is 3.27. The summed E-state index contributed by atoms with van der Waals surface area (Å²) >= 11 is 0. The van der Waals surface area contributed by atoms with Crippen molar-refractivity contribution in [3.63, 3.8) is 0 Å². The lowest BCUT2D eigenvalue weighted by Gasteiger charge is -2.28. The van der Waals surface area contributed by atoms with Gasteiger partial charge < -0.3 is 15.1 Å². The van der Waals surface area contributed by atoms with Crippen LogP contribution in [0.1, 0.15) is 43.6 Å². The van der Waals surface area contributed by atoms with Crippen LogP contribution in [0.15, 0.2) is 18.2 Å². The van der Waals surface area contributed by atoms with Crippen LogP contribution in [0.3, 0.4) is 0 Å². The quantitative estimate of drug-likeness (QED) is 0.731. The minimum absolute atomic E-state index is 0. The van der Waals surface area contributed by atoms with E-state index in [1.54, 1.807) is 0 Å². The maximum atomic E-state index is 13.0. The molecule has 0 atom stereocenters. The van der Waals surface area contributed by atoms with Gasteiger partial charge in [0, 0.05) is 37.4 Å². The van der Waals surface area contributed by atoms with Crippen LogP contribution in [0.4, 0.5) is 5.69 Å². The topological polar surface area (TPSA) is 35.6 Å². The molecular weight excluding hydrogens is 357 g/mol. The lowest BCUT2D eigenvalue weighted by atomic mass is 10.1. The van der Waals surface area contributed by atoms with E-state index < -0.39 is 0 Å². The van der Waals surface area contributed by atoms with E-state index in [1.807, 2.05) is 17.0 Å². The molecule has 1 aliphatic rings. The predicted octanol–water partition coefficient (Wildman–Crippen LogP) is 3.94. The van der Waals surface area contributed by atoms with Crippen LogP contribution >= 0.6 is 24.8 Å². The van der Waals surface area contributed by atoms with Gasteiger partial charge in [-0.25, -0.2) is 0 Å². The van der Waals surface area contributed by atoms with Gasteiger partial charge >= 0.3 is 0 Å². The zero-order valence-electron chi connectivity index (χ0n) is 15.9. The standard InChI is InChI=1S/C19H31N3O.2ClH/c1-5-21(6-2)11-12-22(14-15(3)4)19(23)17-7-8-18-16(13-17)9-10-20-18;;/h7-8,13,15,20H,5-6,9-12,14H2,1-4H3;2*1H. The second kappa shape index (κ2) is 11.6. The molecule has 1 N–H and O–H groups in total. The highest BCUT2D eigenvalue weighted by atomic mass is 35.5. The van der Waals surface area contributed by atoms with E-state index in [0.717, 1.165) is 51.3 Å². The fourth-order valence-corrected chi connectivity index (χ4v) is 3.14. The summed E-state index contributed by atoms with van der Waals surface area (Å²) in [7, 11) is 0. The molecule has 2 rings (SSSR count). The van der Waals surface area contributed by atoms with Crippen molar-refractivity contribution >= 4 is 36.4 Å². The van der Waals surface area contributed by atoms with Gasteiger partial charge in [0.1, 0.15) is 0 Å². The molecule has 0 radical (unpaired) electrons. The van der Waals surface area contributed by atoms with Crippen LogP contribution in [-0.4, -0.2) is 55.0 Å². The fraction of sp³-hybridized carbons (Fsp3) is 0.632. The molecule has 0 saturated heterocycles. The Bertz CT molecular complexity index is 533. The number of fused-ring (bicyclic) bond motifs is 1. The molecule has 0 bridgehead atoms. The van der Waals surface area contributed by atoms with Gasteiger partial charge in [-0.1, -0.05) is 27.7 Å². The molecule has 1 heterocycles. The Kier molecular flexibility index (Phi) is 11.2. The van der Waals surface area contributed by atoms with Crippen molar-refractivity contribution in [3.05, 3.63) is 29.3 Å². The monoisotopic (exact) mass is 389 g/mol. The molecule has 1 amide bonds. The van der Waals surface area contributed by atoms with Crippen molar-refractivity contribution < 1.29 is 4.79 Å². The highest BCUT2D eigenvalue weighted by Crippen LogP contribution is 2.23. The summed E-state index contributed by atoms with van der Waals surface area (Å²) in [4.78, 5) is 17.3. The number of anilines is 1. The molecule has 0 unspecified atom stereocenters. The van der Waals surface area contributed by atoms with E-state index in [-0.39, 0.29) is 30.7 Å². The number of hydrogen-bond donors (Lipinski definition) is 1. The molecule has 0 saturated carbocycles. The van der Waals surface area contributed by atoms with Crippen molar-refractivity contribution in [2.75, 3.05) is 44.6 Å². The van der Waals surface area contributed by atoms with Gasteiger partial charge in [0.2, 0.25) is 0 Å². The van der Waals surface area contributed by atoms with E-state index in [0.29, 0.717) is 5.92 Å². The van der Waals surface area contributed by atoms with Crippen molar-refractivity contribution in [3.8, 4) is 0 Å². The molecule has 0 spiro atoms. The first-order valence-corrected chi connectivity index (χ1v) is 8.93. The molecule has 25 heavy (non-hydrogen) atoms. The largest absolute Gasteiger partial charge is 0.384 e. The first-order chi connectivity index (χ1) is 11.0. The highest BCUT2D eigenvalue weighted by Gasteiger charge is 2.20. The number of benzene rings is 1. The molecular formula is C19H33Cl2N3O. The lowest BCUT2D eigenvalue weighted by molar-refractivity contribution is 0.0716. The third-order valence-corrected chi connectivity index (χ3v) is 4.52. The van der Waals surface area contributed by atoms with Gasteiger partial charge in [0.05, 0.1) is 0 Å². The summed E-state index contributed by atoms with van der Waals surface area (Å²) in [6.45, 7) is 14.3. The Labute approximate surface area is 165 Å². The van der Waals surface area contributed by atoms with Gasteiger partial charge in [0.15, 0.2) is 0 Å². The van der Waals surface area contributed by atoms with E-state index in [1.165, 1.54) is 11.3 Å². The Morgan fingerprint density at radius 1 is 1.16 bits per heavy atom. The van der Waals surface area contributed by atoms with Gasteiger partial charge in [-0.2, -0.15) is 0 Å². The molecule has 1 aromatic carbocycles. The minimum atomic E-state index is 0. The number of nitrogens with one attached hydrogen (secondary N) is 1. The smallest absolute Gasteiger partial charge is 0.253 e. The van der Waals surface area contributed by atoms with Crippen LogP contribution in [-0.2, 0) is 6.42 Å². The molecule has 144 valence electrons. The summed E-state index contributed by atoms with van der Waals surface area (Å²) < 4.78 is 0. The zero-order chi connectivity index (χ0) is 16.8. The summed E-state index contributed by atoms with van der Waals surface area (Å²) in [6, 6.07) is 6.08.